The Bertz CT molecular complexity index is 778. The van der Waals surface area contributed by atoms with E-state index in [1.165, 1.54) is 0 Å². The third-order valence-corrected chi connectivity index (χ3v) is 5.47. The van der Waals surface area contributed by atoms with Crippen LogP contribution in [0, 0.1) is 6.92 Å². The Morgan fingerprint density at radius 3 is 2.59 bits per heavy atom. The van der Waals surface area contributed by atoms with E-state index in [1.807, 2.05) is 37.8 Å². The number of aromatic nitrogens is 1. The van der Waals surface area contributed by atoms with Gasteiger partial charge in [0.25, 0.3) is 5.91 Å². The van der Waals surface area contributed by atoms with Crippen LogP contribution in [-0.2, 0) is 0 Å². The zero-order valence-corrected chi connectivity index (χ0v) is 17.1. The summed E-state index contributed by atoms with van der Waals surface area (Å²) < 4.78 is 11.3. The molecule has 2 heterocycles. The van der Waals surface area contributed by atoms with Gasteiger partial charge in [-0.1, -0.05) is 0 Å². The molecule has 2 aromatic rings. The molecule has 1 saturated heterocycles. The van der Waals surface area contributed by atoms with Gasteiger partial charge in [-0.25, -0.2) is 4.98 Å². The van der Waals surface area contributed by atoms with Gasteiger partial charge in [-0.3, -0.25) is 4.79 Å². The van der Waals surface area contributed by atoms with Crippen LogP contribution in [0.25, 0.3) is 0 Å². The molecule has 0 unspecified atom stereocenters. The fourth-order valence-corrected chi connectivity index (χ4v) is 4.02. The molecule has 0 atom stereocenters. The Kier molecular flexibility index (Phi) is 6.55. The molecular formula is C20H27N3O3S. The summed E-state index contributed by atoms with van der Waals surface area (Å²) in [7, 11) is 0. The van der Waals surface area contributed by atoms with Crippen molar-refractivity contribution < 1.29 is 14.3 Å². The highest BCUT2D eigenvalue weighted by atomic mass is 32.1. The summed E-state index contributed by atoms with van der Waals surface area (Å²) in [5, 5.41) is 3.11. The van der Waals surface area contributed by atoms with Gasteiger partial charge in [0, 0.05) is 37.1 Å². The van der Waals surface area contributed by atoms with E-state index in [1.54, 1.807) is 17.4 Å². The maximum Gasteiger partial charge on any atom is 0.254 e. The van der Waals surface area contributed by atoms with Gasteiger partial charge in [0.1, 0.15) is 0 Å². The second-order valence-electron chi connectivity index (χ2n) is 6.43. The molecule has 0 aliphatic carbocycles. The van der Waals surface area contributed by atoms with Gasteiger partial charge in [-0.05, 0) is 45.4 Å². The third-order valence-electron chi connectivity index (χ3n) is 4.45. The summed E-state index contributed by atoms with van der Waals surface area (Å²) in [5.41, 5.74) is 1.69. The number of benzene rings is 1. The molecule has 1 aliphatic heterocycles. The zero-order chi connectivity index (χ0) is 19.2. The van der Waals surface area contributed by atoms with Gasteiger partial charge in [0.05, 0.1) is 18.9 Å². The van der Waals surface area contributed by atoms with Crippen molar-refractivity contribution in [1.29, 1.82) is 0 Å². The summed E-state index contributed by atoms with van der Waals surface area (Å²) in [6.45, 7) is 10.1. The van der Waals surface area contributed by atoms with Crippen LogP contribution in [0.5, 0.6) is 11.5 Å². The average molecular weight is 390 g/mol. The first-order chi connectivity index (χ1) is 13.1. The standard InChI is InChI=1S/C20H27N3O3S/c1-4-25-17-8-7-16(13-18(17)26-5-2)19(24)22-9-6-10-23(12-11-22)20-21-15(3)14-27-20/h7-8,13-14H,4-6,9-12H2,1-3H3. The van der Waals surface area contributed by atoms with Crippen molar-refractivity contribution in [2.45, 2.75) is 27.2 Å². The average Bonchev–Trinajstić information content (AvgIpc) is 2.95. The van der Waals surface area contributed by atoms with Crippen molar-refractivity contribution in [3.05, 3.63) is 34.8 Å². The number of thiazole rings is 1. The Hall–Kier alpha value is -2.28. The monoisotopic (exact) mass is 389 g/mol. The summed E-state index contributed by atoms with van der Waals surface area (Å²) in [5.74, 6) is 1.34. The number of hydrogen-bond acceptors (Lipinski definition) is 6. The Morgan fingerprint density at radius 2 is 1.89 bits per heavy atom. The number of carbonyl (C=O) groups excluding carboxylic acids is 1. The fraction of sp³-hybridized carbons (Fsp3) is 0.500. The highest BCUT2D eigenvalue weighted by molar-refractivity contribution is 7.13. The molecule has 6 nitrogen and oxygen atoms in total. The number of rotatable bonds is 6. The first kappa shape index (κ1) is 19.5. The van der Waals surface area contributed by atoms with Crippen LogP contribution in [0.4, 0.5) is 5.13 Å². The van der Waals surface area contributed by atoms with Crippen LogP contribution in [0.2, 0.25) is 0 Å². The molecule has 146 valence electrons. The van der Waals surface area contributed by atoms with Crippen molar-refractivity contribution >= 4 is 22.4 Å². The van der Waals surface area contributed by atoms with E-state index >= 15 is 0 Å². The molecule has 7 heteroatoms. The number of hydrogen-bond donors (Lipinski definition) is 0. The van der Waals surface area contributed by atoms with E-state index in [-0.39, 0.29) is 5.91 Å². The normalized spacial score (nSPS) is 14.8. The van der Waals surface area contributed by atoms with Gasteiger partial charge in [-0.15, -0.1) is 11.3 Å². The highest BCUT2D eigenvalue weighted by Crippen LogP contribution is 2.29. The van der Waals surface area contributed by atoms with E-state index in [0.29, 0.717) is 36.8 Å². The van der Waals surface area contributed by atoms with Gasteiger partial charge in [0.15, 0.2) is 16.6 Å². The lowest BCUT2D eigenvalue weighted by molar-refractivity contribution is 0.0766. The van der Waals surface area contributed by atoms with Crippen molar-refractivity contribution in [2.75, 3.05) is 44.3 Å². The van der Waals surface area contributed by atoms with E-state index in [2.05, 4.69) is 15.3 Å². The zero-order valence-electron chi connectivity index (χ0n) is 16.2. The Balaban J connectivity index is 1.71. The maximum absolute atomic E-state index is 13.0. The molecule has 0 spiro atoms. The lowest BCUT2D eigenvalue weighted by atomic mass is 10.1. The lowest BCUT2D eigenvalue weighted by Gasteiger charge is -2.22. The van der Waals surface area contributed by atoms with Crippen LogP contribution >= 0.6 is 11.3 Å². The predicted octanol–water partition coefficient (Wildman–Crippen LogP) is 3.60. The van der Waals surface area contributed by atoms with Gasteiger partial charge in [-0.2, -0.15) is 0 Å². The van der Waals surface area contributed by atoms with Crippen molar-refractivity contribution in [2.24, 2.45) is 0 Å². The number of carbonyl (C=O) groups is 1. The largest absolute Gasteiger partial charge is 0.490 e. The number of aryl methyl sites for hydroxylation is 1. The van der Waals surface area contributed by atoms with Crippen LogP contribution in [0.3, 0.4) is 0 Å². The second-order valence-corrected chi connectivity index (χ2v) is 7.27. The molecule has 1 aromatic carbocycles. The lowest BCUT2D eigenvalue weighted by Crippen LogP contribution is -2.35. The molecule has 1 aromatic heterocycles. The number of anilines is 1. The molecule has 1 aliphatic rings. The second kappa shape index (κ2) is 9.08. The topological polar surface area (TPSA) is 54.9 Å². The fourth-order valence-electron chi connectivity index (χ4n) is 3.17. The quantitative estimate of drug-likeness (QED) is 0.756. The summed E-state index contributed by atoms with van der Waals surface area (Å²) in [4.78, 5) is 21.8. The van der Waals surface area contributed by atoms with E-state index in [9.17, 15) is 4.79 Å². The minimum absolute atomic E-state index is 0.0381. The van der Waals surface area contributed by atoms with Crippen molar-refractivity contribution in [1.82, 2.24) is 9.88 Å². The van der Waals surface area contributed by atoms with Gasteiger partial charge < -0.3 is 19.3 Å². The number of nitrogens with zero attached hydrogens (tertiary/aromatic N) is 3. The van der Waals surface area contributed by atoms with Crippen LogP contribution in [0.1, 0.15) is 36.3 Å². The van der Waals surface area contributed by atoms with Gasteiger partial charge in [0.2, 0.25) is 0 Å². The third kappa shape index (κ3) is 4.71. The molecule has 0 radical (unpaired) electrons. The minimum atomic E-state index is 0.0381. The summed E-state index contributed by atoms with van der Waals surface area (Å²) in [6, 6.07) is 5.44. The first-order valence-corrected chi connectivity index (χ1v) is 10.4. The molecular weight excluding hydrogens is 362 g/mol. The number of ether oxygens (including phenoxy) is 2. The van der Waals surface area contributed by atoms with Crippen LogP contribution in [0.15, 0.2) is 23.6 Å². The number of amides is 1. The SMILES string of the molecule is CCOc1ccc(C(=O)N2CCCN(c3nc(C)cs3)CC2)cc1OCC. The first-order valence-electron chi connectivity index (χ1n) is 9.48. The maximum atomic E-state index is 13.0. The molecule has 1 fully saturated rings. The van der Waals surface area contributed by atoms with E-state index in [4.69, 9.17) is 9.47 Å². The molecule has 0 bridgehead atoms. The Morgan fingerprint density at radius 1 is 1.11 bits per heavy atom. The van der Waals surface area contributed by atoms with Crippen LogP contribution in [-0.4, -0.2) is 55.2 Å². The van der Waals surface area contributed by atoms with E-state index < -0.39 is 0 Å². The highest BCUT2D eigenvalue weighted by Gasteiger charge is 2.22. The Labute approximate surface area is 164 Å². The van der Waals surface area contributed by atoms with Crippen LogP contribution < -0.4 is 14.4 Å². The molecule has 0 N–H and O–H groups in total. The molecule has 27 heavy (non-hydrogen) atoms. The van der Waals surface area contributed by atoms with Crippen molar-refractivity contribution in [3.8, 4) is 11.5 Å². The molecule has 1 amide bonds. The van der Waals surface area contributed by atoms with Crippen molar-refractivity contribution in [3.63, 3.8) is 0 Å². The van der Waals surface area contributed by atoms with E-state index in [0.717, 1.165) is 36.9 Å². The minimum Gasteiger partial charge on any atom is -0.490 e. The summed E-state index contributed by atoms with van der Waals surface area (Å²) in [6.07, 6.45) is 0.930. The smallest absolute Gasteiger partial charge is 0.254 e. The predicted molar refractivity (Wildman–Crippen MR) is 108 cm³/mol. The van der Waals surface area contributed by atoms with Gasteiger partial charge >= 0.3 is 0 Å². The summed E-state index contributed by atoms with van der Waals surface area (Å²) >= 11 is 1.67. The molecule has 0 saturated carbocycles. The molecule has 3 rings (SSSR count).